The molecule has 1 aliphatic heterocycles. The fraction of sp³-hybridized carbons (Fsp3) is 0.391. The average molecular weight is 489 g/mol. The summed E-state index contributed by atoms with van der Waals surface area (Å²) in [6.45, 7) is 6.12. The molecule has 1 saturated heterocycles. The summed E-state index contributed by atoms with van der Waals surface area (Å²) in [4.78, 5) is 19.9. The van der Waals surface area contributed by atoms with E-state index in [1.165, 1.54) is 22.1 Å². The molecule has 1 fully saturated rings. The number of aromatic nitrogens is 1. The maximum absolute atomic E-state index is 13.1. The Hall–Kier alpha value is -2.69. The second-order valence-electron chi connectivity index (χ2n) is 7.82. The zero-order valence-electron chi connectivity index (χ0n) is 18.8. The van der Waals surface area contributed by atoms with Crippen molar-refractivity contribution in [2.45, 2.75) is 38.0 Å². The Bertz CT molecular complexity index is 1200. The lowest BCUT2D eigenvalue weighted by atomic mass is 10.1. The van der Waals surface area contributed by atoms with Gasteiger partial charge in [-0.05, 0) is 43.5 Å². The highest BCUT2D eigenvalue weighted by Gasteiger charge is 2.25. The molecule has 0 spiro atoms. The highest BCUT2D eigenvalue weighted by Crippen LogP contribution is 2.33. The molecule has 2 aromatic heterocycles. The van der Waals surface area contributed by atoms with Crippen molar-refractivity contribution in [1.29, 1.82) is 0 Å². The molecule has 0 saturated carbocycles. The quantitative estimate of drug-likeness (QED) is 0.495. The third-order valence-electron chi connectivity index (χ3n) is 5.76. The third-order valence-corrected chi connectivity index (χ3v) is 8.70. The molecule has 0 bridgehead atoms. The van der Waals surface area contributed by atoms with Gasteiger partial charge >= 0.3 is 0 Å². The van der Waals surface area contributed by atoms with E-state index in [0.29, 0.717) is 23.8 Å². The Kier molecular flexibility index (Phi) is 7.16. The number of amides is 1. The third kappa shape index (κ3) is 4.97. The molecule has 1 N–H and O–H groups in total. The number of carbonyl (C=O) groups is 1. The fourth-order valence-electron chi connectivity index (χ4n) is 3.98. The van der Waals surface area contributed by atoms with E-state index >= 15 is 0 Å². The Labute approximate surface area is 198 Å². The van der Waals surface area contributed by atoms with Gasteiger partial charge in [-0.15, -0.1) is 11.3 Å². The number of sulfonamides is 1. The van der Waals surface area contributed by atoms with Crippen LogP contribution < -0.4 is 10.2 Å². The first-order valence-electron chi connectivity index (χ1n) is 11.1. The van der Waals surface area contributed by atoms with E-state index in [0.717, 1.165) is 37.2 Å². The highest BCUT2D eigenvalue weighted by molar-refractivity contribution is 7.89. The maximum Gasteiger partial charge on any atom is 0.275 e. The van der Waals surface area contributed by atoms with E-state index < -0.39 is 10.0 Å². The van der Waals surface area contributed by atoms with Crippen molar-refractivity contribution < 1.29 is 17.6 Å². The lowest BCUT2D eigenvalue weighted by Crippen LogP contribution is -2.32. The summed E-state index contributed by atoms with van der Waals surface area (Å²) in [5.74, 6) is -0.378. The van der Waals surface area contributed by atoms with Crippen molar-refractivity contribution in [1.82, 2.24) is 9.29 Å². The van der Waals surface area contributed by atoms with Gasteiger partial charge in [-0.3, -0.25) is 4.79 Å². The van der Waals surface area contributed by atoms with Crippen LogP contribution in [0.4, 0.5) is 11.4 Å². The van der Waals surface area contributed by atoms with E-state index in [-0.39, 0.29) is 16.5 Å². The molecule has 33 heavy (non-hydrogen) atoms. The summed E-state index contributed by atoms with van der Waals surface area (Å²) in [5.41, 5.74) is 2.39. The first-order valence-corrected chi connectivity index (χ1v) is 13.4. The normalized spacial score (nSPS) is 14.6. The molecule has 1 aromatic carbocycles. The number of carbonyl (C=O) groups excluding carboxylic acids is 1. The van der Waals surface area contributed by atoms with E-state index in [1.54, 1.807) is 42.2 Å². The predicted molar refractivity (Wildman–Crippen MR) is 130 cm³/mol. The molecule has 8 nitrogen and oxygen atoms in total. The van der Waals surface area contributed by atoms with Crippen molar-refractivity contribution in [3.8, 4) is 10.6 Å². The molecule has 1 amide bonds. The number of hydrogen-bond acceptors (Lipinski definition) is 7. The van der Waals surface area contributed by atoms with Crippen LogP contribution in [0.3, 0.4) is 0 Å². The molecule has 3 aromatic rings. The van der Waals surface area contributed by atoms with Gasteiger partial charge in [0.25, 0.3) is 5.91 Å². The number of thiazole rings is 1. The number of nitrogens with zero attached hydrogens (tertiary/aromatic N) is 3. The standard InChI is InChI=1S/C23H28N4O4S2/c1-3-27(4-2)33(29,30)18-8-9-21(26-11-6-5-7-12-26)19(14-18)24-22(28)20-16-32-23(25-20)17-10-13-31-15-17/h8-10,13-16H,3-7,11-12H2,1-2H3,(H,24,28). The molecule has 0 unspecified atom stereocenters. The van der Waals surface area contributed by atoms with Gasteiger partial charge < -0.3 is 14.6 Å². The van der Waals surface area contributed by atoms with Crippen LogP contribution in [0.5, 0.6) is 0 Å². The van der Waals surface area contributed by atoms with E-state index in [9.17, 15) is 13.2 Å². The van der Waals surface area contributed by atoms with E-state index in [4.69, 9.17) is 4.42 Å². The van der Waals surface area contributed by atoms with Crippen LogP contribution in [0, 0.1) is 0 Å². The van der Waals surface area contributed by atoms with E-state index in [2.05, 4.69) is 15.2 Å². The predicted octanol–water partition coefficient (Wildman–Crippen LogP) is 4.68. The summed E-state index contributed by atoms with van der Waals surface area (Å²) in [6.07, 6.45) is 6.43. The Balaban J connectivity index is 1.67. The van der Waals surface area contributed by atoms with Crippen molar-refractivity contribution in [3.05, 3.63) is 47.9 Å². The topological polar surface area (TPSA) is 95.8 Å². The molecule has 10 heteroatoms. The average Bonchev–Trinajstić information content (AvgIpc) is 3.52. The van der Waals surface area contributed by atoms with Crippen LogP contribution in [0.2, 0.25) is 0 Å². The van der Waals surface area contributed by atoms with Crippen molar-refractivity contribution in [2.75, 3.05) is 36.4 Å². The van der Waals surface area contributed by atoms with Crippen LogP contribution >= 0.6 is 11.3 Å². The summed E-state index contributed by atoms with van der Waals surface area (Å²) in [7, 11) is -3.66. The first-order chi connectivity index (χ1) is 15.9. The van der Waals surface area contributed by atoms with Crippen LogP contribution in [0.25, 0.3) is 10.6 Å². The minimum absolute atomic E-state index is 0.166. The molecule has 0 aliphatic carbocycles. The molecule has 3 heterocycles. The lowest BCUT2D eigenvalue weighted by molar-refractivity contribution is 0.102. The largest absolute Gasteiger partial charge is 0.472 e. The molecule has 176 valence electrons. The number of piperidine rings is 1. The lowest BCUT2D eigenvalue weighted by Gasteiger charge is -2.31. The second kappa shape index (κ2) is 10.1. The molecule has 1 aliphatic rings. The van der Waals surface area contributed by atoms with Gasteiger partial charge in [-0.25, -0.2) is 13.4 Å². The zero-order chi connectivity index (χ0) is 23.4. The van der Waals surface area contributed by atoms with E-state index in [1.807, 2.05) is 13.8 Å². The monoisotopic (exact) mass is 488 g/mol. The second-order valence-corrected chi connectivity index (χ2v) is 10.6. The maximum atomic E-state index is 13.1. The Morgan fingerprint density at radius 3 is 2.61 bits per heavy atom. The van der Waals surface area contributed by atoms with Crippen molar-refractivity contribution >= 4 is 38.6 Å². The highest BCUT2D eigenvalue weighted by atomic mass is 32.2. The van der Waals surface area contributed by atoms with Gasteiger partial charge in [0.05, 0.1) is 22.5 Å². The van der Waals surface area contributed by atoms with Crippen molar-refractivity contribution in [2.24, 2.45) is 0 Å². The van der Waals surface area contributed by atoms with Gasteiger partial charge in [0.2, 0.25) is 10.0 Å². The van der Waals surface area contributed by atoms with Crippen LogP contribution in [0.15, 0.2) is 51.5 Å². The number of furan rings is 1. The number of hydrogen-bond donors (Lipinski definition) is 1. The van der Waals surface area contributed by atoms with Gasteiger partial charge in [-0.2, -0.15) is 4.31 Å². The summed E-state index contributed by atoms with van der Waals surface area (Å²) >= 11 is 1.35. The summed E-state index contributed by atoms with van der Waals surface area (Å²) < 4.78 is 32.7. The van der Waals surface area contributed by atoms with Gasteiger partial charge in [0, 0.05) is 37.1 Å². The zero-order valence-corrected chi connectivity index (χ0v) is 20.4. The van der Waals surface area contributed by atoms with Crippen molar-refractivity contribution in [3.63, 3.8) is 0 Å². The van der Waals surface area contributed by atoms with Crippen LogP contribution in [0.1, 0.15) is 43.6 Å². The number of anilines is 2. The summed E-state index contributed by atoms with van der Waals surface area (Å²) in [6, 6.07) is 6.79. The minimum Gasteiger partial charge on any atom is -0.472 e. The number of benzene rings is 1. The molecule has 0 atom stereocenters. The van der Waals surface area contributed by atoms with Gasteiger partial charge in [0.15, 0.2) is 0 Å². The SMILES string of the molecule is CCN(CC)S(=O)(=O)c1ccc(N2CCCCC2)c(NC(=O)c2csc(-c3ccoc3)n2)c1. The van der Waals surface area contributed by atoms with Gasteiger partial charge in [0.1, 0.15) is 17.0 Å². The molecular weight excluding hydrogens is 460 g/mol. The van der Waals surface area contributed by atoms with Gasteiger partial charge in [-0.1, -0.05) is 13.8 Å². The van der Waals surface area contributed by atoms with Crippen LogP contribution in [-0.2, 0) is 10.0 Å². The molecule has 4 rings (SSSR count). The number of rotatable bonds is 8. The first kappa shape index (κ1) is 23.5. The minimum atomic E-state index is -3.66. The Morgan fingerprint density at radius 2 is 1.94 bits per heavy atom. The molecular formula is C23H28N4O4S2. The summed E-state index contributed by atoms with van der Waals surface area (Å²) in [5, 5.41) is 5.30. The van der Waals surface area contributed by atoms with Crippen LogP contribution in [-0.4, -0.2) is 49.8 Å². The smallest absolute Gasteiger partial charge is 0.275 e. The Morgan fingerprint density at radius 1 is 1.18 bits per heavy atom. The molecule has 0 radical (unpaired) electrons. The number of nitrogens with one attached hydrogen (secondary N) is 1. The fourth-order valence-corrected chi connectivity index (χ4v) is 6.25.